The van der Waals surface area contributed by atoms with Gasteiger partial charge >= 0.3 is 0 Å². The van der Waals surface area contributed by atoms with E-state index in [4.69, 9.17) is 22.9 Å². The molecule has 4 atom stereocenters. The molecular formula is C38H76N8O4. The summed E-state index contributed by atoms with van der Waals surface area (Å²) in [6.45, 7) is 11.3. The Labute approximate surface area is 304 Å². The average molecular weight is 709 g/mol. The van der Waals surface area contributed by atoms with Crippen LogP contribution in [0.3, 0.4) is 0 Å². The van der Waals surface area contributed by atoms with Crippen LogP contribution in [0, 0.1) is 0 Å². The molecule has 0 aromatic heterocycles. The molecule has 12 heteroatoms. The highest BCUT2D eigenvalue weighted by molar-refractivity contribution is 5.84. The second kappa shape index (κ2) is 27.4. The van der Waals surface area contributed by atoms with E-state index in [0.29, 0.717) is 90.9 Å². The standard InChI is InChI=1S/C38H76N8O4/c1-5-9-13-19-31(39)35(47)43-23-17-24-45(37(49)33(41)21-15-11-7-3)29-30-46(38(50)34(42)22-16-12-8-4)26-18-25-44(28-27-43)36(48)32(40)20-14-10-6-2/h31-34H,5-30,39-42H2,1-4H3. The van der Waals surface area contributed by atoms with Crippen LogP contribution in [0.25, 0.3) is 0 Å². The van der Waals surface area contributed by atoms with Gasteiger partial charge in [-0.05, 0) is 38.5 Å². The van der Waals surface area contributed by atoms with Crippen molar-refractivity contribution in [3.63, 3.8) is 0 Å². The fourth-order valence-corrected chi connectivity index (χ4v) is 6.61. The van der Waals surface area contributed by atoms with Crippen LogP contribution in [-0.4, -0.2) is 120 Å². The largest absolute Gasteiger partial charge is 0.340 e. The quantitative estimate of drug-likeness (QED) is 0.138. The minimum absolute atomic E-state index is 0.129. The van der Waals surface area contributed by atoms with Crippen molar-refractivity contribution in [3.8, 4) is 0 Å². The second-order valence-corrected chi connectivity index (χ2v) is 14.4. The topological polar surface area (TPSA) is 185 Å². The van der Waals surface area contributed by atoms with Crippen molar-refractivity contribution in [2.75, 3.05) is 52.4 Å². The minimum atomic E-state index is -0.619. The molecule has 1 fully saturated rings. The first kappa shape index (κ1) is 45.7. The lowest BCUT2D eigenvalue weighted by Gasteiger charge is -2.34. The lowest BCUT2D eigenvalue weighted by molar-refractivity contribution is -0.138. The van der Waals surface area contributed by atoms with Gasteiger partial charge in [0.1, 0.15) is 0 Å². The van der Waals surface area contributed by atoms with E-state index < -0.39 is 24.2 Å². The van der Waals surface area contributed by atoms with Crippen LogP contribution in [-0.2, 0) is 19.2 Å². The Bertz CT molecular complexity index is 808. The molecule has 0 spiro atoms. The Morgan fingerprint density at radius 1 is 0.380 bits per heavy atom. The van der Waals surface area contributed by atoms with Crippen molar-refractivity contribution in [2.24, 2.45) is 22.9 Å². The van der Waals surface area contributed by atoms with Gasteiger partial charge in [-0.3, -0.25) is 19.2 Å². The molecule has 1 rings (SSSR count). The smallest absolute Gasteiger partial charge is 0.239 e. The van der Waals surface area contributed by atoms with Crippen molar-refractivity contribution >= 4 is 23.6 Å². The zero-order chi connectivity index (χ0) is 37.3. The highest BCUT2D eigenvalue weighted by atomic mass is 16.2. The van der Waals surface area contributed by atoms with E-state index in [1.54, 1.807) is 19.6 Å². The van der Waals surface area contributed by atoms with Crippen molar-refractivity contribution in [1.82, 2.24) is 19.6 Å². The van der Waals surface area contributed by atoms with E-state index in [9.17, 15) is 19.2 Å². The molecule has 8 N–H and O–H groups in total. The molecule has 4 amide bonds. The van der Waals surface area contributed by atoms with Gasteiger partial charge < -0.3 is 42.5 Å². The Balaban J connectivity index is 3.34. The van der Waals surface area contributed by atoms with Crippen LogP contribution >= 0.6 is 0 Å². The molecule has 50 heavy (non-hydrogen) atoms. The maximum atomic E-state index is 13.7. The van der Waals surface area contributed by atoms with E-state index in [1.165, 1.54) is 0 Å². The van der Waals surface area contributed by atoms with Gasteiger partial charge in [0.2, 0.25) is 23.6 Å². The number of amides is 4. The molecular weight excluding hydrogens is 632 g/mol. The molecule has 1 heterocycles. The number of carbonyl (C=O) groups is 4. The van der Waals surface area contributed by atoms with E-state index in [1.807, 2.05) is 0 Å². The fraction of sp³-hybridized carbons (Fsp3) is 0.895. The van der Waals surface area contributed by atoms with Crippen LogP contribution < -0.4 is 22.9 Å². The molecule has 1 saturated heterocycles. The van der Waals surface area contributed by atoms with Crippen molar-refractivity contribution in [1.29, 1.82) is 0 Å². The number of hydrogen-bond donors (Lipinski definition) is 4. The van der Waals surface area contributed by atoms with Gasteiger partial charge in [-0.2, -0.15) is 0 Å². The van der Waals surface area contributed by atoms with Crippen LogP contribution in [0.15, 0.2) is 0 Å². The third-order valence-electron chi connectivity index (χ3n) is 9.98. The number of rotatable bonds is 20. The van der Waals surface area contributed by atoms with Crippen LogP contribution in [0.1, 0.15) is 143 Å². The molecule has 12 nitrogen and oxygen atoms in total. The van der Waals surface area contributed by atoms with Crippen molar-refractivity contribution in [2.45, 2.75) is 167 Å². The first-order chi connectivity index (χ1) is 24.0. The maximum Gasteiger partial charge on any atom is 0.239 e. The molecule has 0 saturated carbocycles. The second-order valence-electron chi connectivity index (χ2n) is 14.4. The summed E-state index contributed by atoms with van der Waals surface area (Å²) in [5, 5.41) is 0. The van der Waals surface area contributed by atoms with Gasteiger partial charge in [0.05, 0.1) is 24.2 Å². The first-order valence-corrected chi connectivity index (χ1v) is 20.2. The zero-order valence-corrected chi connectivity index (χ0v) is 32.4. The SMILES string of the molecule is CCCCCC(N)C(=O)N1CCCN(C(=O)C(N)CCCCC)CCN(C(=O)C(N)CCCCC)CCCN(C(=O)C(N)CCCCC)CC1. The van der Waals surface area contributed by atoms with Gasteiger partial charge in [-0.15, -0.1) is 0 Å². The summed E-state index contributed by atoms with van der Waals surface area (Å²) in [4.78, 5) is 61.8. The number of nitrogens with zero attached hydrogens (tertiary/aromatic N) is 4. The Morgan fingerprint density at radius 3 is 0.760 bits per heavy atom. The molecule has 1 aliphatic rings. The molecule has 0 bridgehead atoms. The maximum absolute atomic E-state index is 13.7. The summed E-state index contributed by atoms with van der Waals surface area (Å²) in [6.07, 6.45) is 15.2. The summed E-state index contributed by atoms with van der Waals surface area (Å²) in [6, 6.07) is -2.48. The van der Waals surface area contributed by atoms with E-state index in [0.717, 1.165) is 77.0 Å². The van der Waals surface area contributed by atoms with Crippen LogP contribution in [0.4, 0.5) is 0 Å². The van der Waals surface area contributed by atoms with Gasteiger partial charge in [0.15, 0.2) is 0 Å². The Hall–Kier alpha value is -2.28. The summed E-state index contributed by atoms with van der Waals surface area (Å²) < 4.78 is 0. The zero-order valence-electron chi connectivity index (χ0n) is 32.4. The van der Waals surface area contributed by atoms with Crippen LogP contribution in [0.5, 0.6) is 0 Å². The Morgan fingerprint density at radius 2 is 0.580 bits per heavy atom. The fourth-order valence-electron chi connectivity index (χ4n) is 6.61. The molecule has 0 aromatic carbocycles. The van der Waals surface area contributed by atoms with E-state index in [-0.39, 0.29) is 23.6 Å². The van der Waals surface area contributed by atoms with Crippen molar-refractivity contribution < 1.29 is 19.2 Å². The monoisotopic (exact) mass is 709 g/mol. The lowest BCUT2D eigenvalue weighted by Crippen LogP contribution is -2.53. The van der Waals surface area contributed by atoms with Gasteiger partial charge in [0, 0.05) is 52.4 Å². The van der Waals surface area contributed by atoms with Gasteiger partial charge in [-0.25, -0.2) is 0 Å². The summed E-state index contributed by atoms with van der Waals surface area (Å²) in [7, 11) is 0. The van der Waals surface area contributed by atoms with Gasteiger partial charge in [-0.1, -0.05) is 105 Å². The molecule has 0 aromatic rings. The summed E-state index contributed by atoms with van der Waals surface area (Å²) >= 11 is 0. The molecule has 0 radical (unpaired) electrons. The lowest BCUT2D eigenvalue weighted by atomic mass is 10.1. The highest BCUT2D eigenvalue weighted by Gasteiger charge is 2.28. The molecule has 1 aliphatic heterocycles. The first-order valence-electron chi connectivity index (χ1n) is 20.2. The third kappa shape index (κ3) is 17.8. The van der Waals surface area contributed by atoms with Gasteiger partial charge in [0.25, 0.3) is 0 Å². The van der Waals surface area contributed by atoms with Crippen LogP contribution in [0.2, 0.25) is 0 Å². The predicted molar refractivity (Wildman–Crippen MR) is 204 cm³/mol. The average Bonchev–Trinajstić information content (AvgIpc) is 3.11. The number of nitrogens with two attached hydrogens (primary N) is 4. The number of unbranched alkanes of at least 4 members (excludes halogenated alkanes) is 8. The minimum Gasteiger partial charge on any atom is -0.340 e. The Kier molecular flexibility index (Phi) is 25.1. The van der Waals surface area contributed by atoms with Crippen molar-refractivity contribution in [3.05, 3.63) is 0 Å². The summed E-state index contributed by atoms with van der Waals surface area (Å²) in [5.41, 5.74) is 25.7. The predicted octanol–water partition coefficient (Wildman–Crippen LogP) is 3.73. The summed E-state index contributed by atoms with van der Waals surface area (Å²) in [5.74, 6) is -0.515. The third-order valence-corrected chi connectivity index (χ3v) is 9.98. The van der Waals surface area contributed by atoms with E-state index >= 15 is 0 Å². The molecule has 292 valence electrons. The number of hydrogen-bond acceptors (Lipinski definition) is 8. The molecule has 0 aliphatic carbocycles. The number of carbonyl (C=O) groups excluding carboxylic acids is 4. The highest BCUT2D eigenvalue weighted by Crippen LogP contribution is 2.13. The molecule has 4 unspecified atom stereocenters. The van der Waals surface area contributed by atoms with E-state index in [2.05, 4.69) is 27.7 Å². The normalized spacial score (nSPS) is 17.9.